The van der Waals surface area contributed by atoms with Crippen LogP contribution < -0.4 is 10.2 Å². The van der Waals surface area contributed by atoms with Crippen molar-refractivity contribution in [2.75, 3.05) is 25.5 Å². The fraction of sp³-hybridized carbons (Fsp3) is 0.500. The van der Waals surface area contributed by atoms with E-state index in [2.05, 4.69) is 10.3 Å². The lowest BCUT2D eigenvalue weighted by Gasteiger charge is -2.21. The number of aryl methyl sites for hydroxylation is 1. The average Bonchev–Trinajstić information content (AvgIpc) is 2.99. The Labute approximate surface area is 123 Å². The molecule has 1 atom stereocenters. The highest BCUT2D eigenvalue weighted by Crippen LogP contribution is 2.25. The number of anilines is 1. The molecular formula is C14H21N3O2S. The number of furan rings is 1. The summed E-state index contributed by atoms with van der Waals surface area (Å²) in [7, 11) is 3.97. The summed E-state index contributed by atoms with van der Waals surface area (Å²) >= 11 is 1.66. The van der Waals surface area contributed by atoms with Gasteiger partial charge in [0.15, 0.2) is 5.13 Å². The van der Waals surface area contributed by atoms with Crippen LogP contribution in [-0.2, 0) is 12.1 Å². The van der Waals surface area contributed by atoms with E-state index in [1.165, 1.54) is 4.88 Å². The lowest BCUT2D eigenvalue weighted by Crippen LogP contribution is -2.34. The first-order valence-electron chi connectivity index (χ1n) is 6.51. The Bertz CT molecular complexity index is 547. The van der Waals surface area contributed by atoms with Crippen LogP contribution in [0.1, 0.15) is 23.3 Å². The SMILES string of the molecule is Cc1nc(N(C)C)sc1CNCC(C)(O)c1ccco1. The molecule has 2 rings (SSSR count). The molecule has 6 heteroatoms. The second kappa shape index (κ2) is 5.95. The fourth-order valence-electron chi connectivity index (χ4n) is 1.86. The molecule has 0 saturated heterocycles. The van der Waals surface area contributed by atoms with Crippen LogP contribution in [0, 0.1) is 6.92 Å². The Morgan fingerprint density at radius 2 is 2.25 bits per heavy atom. The summed E-state index contributed by atoms with van der Waals surface area (Å²) in [6, 6.07) is 3.56. The zero-order valence-corrected chi connectivity index (χ0v) is 13.1. The maximum Gasteiger partial charge on any atom is 0.185 e. The number of thiazole rings is 1. The maximum atomic E-state index is 10.3. The third-order valence-corrected chi connectivity index (χ3v) is 4.40. The summed E-state index contributed by atoms with van der Waals surface area (Å²) in [5.41, 5.74) is 0.0239. The number of hydrogen-bond donors (Lipinski definition) is 2. The number of aliphatic hydroxyl groups is 1. The standard InChI is InChI=1S/C14H21N3O2S/c1-10-11(20-13(16-10)17(3)4)8-15-9-14(2,18)12-6-5-7-19-12/h5-7,15,18H,8-9H2,1-4H3. The molecule has 5 nitrogen and oxygen atoms in total. The van der Waals surface area contributed by atoms with Crippen LogP contribution in [0.2, 0.25) is 0 Å². The van der Waals surface area contributed by atoms with Crippen LogP contribution in [0.4, 0.5) is 5.13 Å². The quantitative estimate of drug-likeness (QED) is 0.854. The average molecular weight is 295 g/mol. The van der Waals surface area contributed by atoms with Crippen molar-refractivity contribution in [2.45, 2.75) is 26.0 Å². The van der Waals surface area contributed by atoms with E-state index in [1.807, 2.05) is 25.9 Å². The smallest absolute Gasteiger partial charge is 0.185 e. The maximum absolute atomic E-state index is 10.3. The highest BCUT2D eigenvalue weighted by Gasteiger charge is 2.25. The van der Waals surface area contributed by atoms with Crippen molar-refractivity contribution in [3.8, 4) is 0 Å². The number of nitrogens with zero attached hydrogens (tertiary/aromatic N) is 2. The third-order valence-electron chi connectivity index (χ3n) is 3.07. The molecular weight excluding hydrogens is 274 g/mol. The van der Waals surface area contributed by atoms with Crippen LogP contribution in [0.3, 0.4) is 0 Å². The van der Waals surface area contributed by atoms with Gasteiger partial charge in [0, 0.05) is 32.1 Å². The van der Waals surface area contributed by atoms with Gasteiger partial charge in [-0.2, -0.15) is 0 Å². The van der Waals surface area contributed by atoms with Gasteiger partial charge in [0.1, 0.15) is 11.4 Å². The minimum atomic E-state index is -1.01. The summed E-state index contributed by atoms with van der Waals surface area (Å²) in [5.74, 6) is 0.569. The van der Waals surface area contributed by atoms with Crippen LogP contribution in [-0.4, -0.2) is 30.7 Å². The van der Waals surface area contributed by atoms with Gasteiger partial charge in [-0.15, -0.1) is 11.3 Å². The van der Waals surface area contributed by atoms with Crippen LogP contribution in [0.15, 0.2) is 22.8 Å². The third kappa shape index (κ3) is 3.39. The molecule has 0 bridgehead atoms. The van der Waals surface area contributed by atoms with Crippen molar-refractivity contribution in [3.63, 3.8) is 0 Å². The first-order chi connectivity index (χ1) is 9.40. The van der Waals surface area contributed by atoms with Crippen molar-refractivity contribution in [3.05, 3.63) is 34.7 Å². The largest absolute Gasteiger partial charge is 0.466 e. The lowest BCUT2D eigenvalue weighted by atomic mass is 10.0. The molecule has 2 heterocycles. The van der Waals surface area contributed by atoms with Gasteiger partial charge in [0.25, 0.3) is 0 Å². The van der Waals surface area contributed by atoms with E-state index in [0.717, 1.165) is 10.8 Å². The van der Waals surface area contributed by atoms with Crippen molar-refractivity contribution in [1.82, 2.24) is 10.3 Å². The Morgan fingerprint density at radius 3 is 2.80 bits per heavy atom. The van der Waals surface area contributed by atoms with E-state index in [0.29, 0.717) is 18.8 Å². The molecule has 2 aromatic heterocycles. The minimum Gasteiger partial charge on any atom is -0.466 e. The Balaban J connectivity index is 1.93. The summed E-state index contributed by atoms with van der Waals surface area (Å²) < 4.78 is 5.25. The Morgan fingerprint density at radius 1 is 1.50 bits per heavy atom. The van der Waals surface area contributed by atoms with Gasteiger partial charge in [0.2, 0.25) is 0 Å². The molecule has 0 aliphatic carbocycles. The molecule has 1 unspecified atom stereocenters. The van der Waals surface area contributed by atoms with Gasteiger partial charge in [-0.3, -0.25) is 0 Å². The predicted octanol–water partition coefficient (Wildman–Crippen LogP) is 2.11. The number of hydrogen-bond acceptors (Lipinski definition) is 6. The van der Waals surface area contributed by atoms with Gasteiger partial charge in [-0.1, -0.05) is 0 Å². The molecule has 20 heavy (non-hydrogen) atoms. The van der Waals surface area contributed by atoms with Crippen LogP contribution in [0.5, 0.6) is 0 Å². The predicted molar refractivity (Wildman–Crippen MR) is 81.2 cm³/mol. The number of nitrogens with one attached hydrogen (secondary N) is 1. The molecule has 0 spiro atoms. The molecule has 0 aromatic carbocycles. The molecule has 0 aliphatic heterocycles. The van der Waals surface area contributed by atoms with E-state index in [1.54, 1.807) is 36.7 Å². The first kappa shape index (κ1) is 15.0. The van der Waals surface area contributed by atoms with Crippen molar-refractivity contribution >= 4 is 16.5 Å². The minimum absolute atomic E-state index is 0.426. The second-order valence-electron chi connectivity index (χ2n) is 5.25. The number of rotatable bonds is 6. The van der Waals surface area contributed by atoms with Gasteiger partial charge in [-0.05, 0) is 26.0 Å². The van der Waals surface area contributed by atoms with Crippen LogP contribution >= 0.6 is 11.3 Å². The summed E-state index contributed by atoms with van der Waals surface area (Å²) in [6.07, 6.45) is 1.57. The van der Waals surface area contributed by atoms with Gasteiger partial charge in [-0.25, -0.2) is 4.98 Å². The zero-order valence-electron chi connectivity index (χ0n) is 12.3. The van der Waals surface area contributed by atoms with Crippen molar-refractivity contribution < 1.29 is 9.52 Å². The molecule has 0 fully saturated rings. The molecule has 0 amide bonds. The molecule has 0 saturated carbocycles. The van der Waals surface area contributed by atoms with E-state index in [9.17, 15) is 5.11 Å². The molecule has 2 N–H and O–H groups in total. The van der Waals surface area contributed by atoms with Gasteiger partial charge in [0.05, 0.1) is 12.0 Å². The van der Waals surface area contributed by atoms with Crippen molar-refractivity contribution in [2.24, 2.45) is 0 Å². The van der Waals surface area contributed by atoms with E-state index >= 15 is 0 Å². The topological polar surface area (TPSA) is 61.5 Å². The summed E-state index contributed by atoms with van der Waals surface area (Å²) in [5, 5.41) is 14.6. The van der Waals surface area contributed by atoms with Crippen LogP contribution in [0.25, 0.3) is 0 Å². The normalized spacial score (nSPS) is 14.2. The van der Waals surface area contributed by atoms with Gasteiger partial charge < -0.3 is 19.7 Å². The zero-order chi connectivity index (χ0) is 14.8. The fourth-order valence-corrected chi connectivity index (χ4v) is 2.81. The molecule has 110 valence electrons. The molecule has 2 aromatic rings. The van der Waals surface area contributed by atoms with E-state index < -0.39 is 5.60 Å². The molecule has 0 radical (unpaired) electrons. The number of aromatic nitrogens is 1. The van der Waals surface area contributed by atoms with E-state index in [4.69, 9.17) is 4.42 Å². The highest BCUT2D eigenvalue weighted by molar-refractivity contribution is 7.15. The Hall–Kier alpha value is -1.37. The molecule has 0 aliphatic rings. The summed E-state index contributed by atoms with van der Waals surface area (Å²) in [4.78, 5) is 7.68. The monoisotopic (exact) mass is 295 g/mol. The lowest BCUT2D eigenvalue weighted by molar-refractivity contribution is 0.0341. The first-order valence-corrected chi connectivity index (χ1v) is 7.32. The second-order valence-corrected chi connectivity index (χ2v) is 6.32. The highest BCUT2D eigenvalue weighted by atomic mass is 32.1. The van der Waals surface area contributed by atoms with Gasteiger partial charge >= 0.3 is 0 Å². The summed E-state index contributed by atoms with van der Waals surface area (Å²) in [6.45, 7) is 4.86. The Kier molecular flexibility index (Phi) is 4.47. The van der Waals surface area contributed by atoms with E-state index in [-0.39, 0.29) is 0 Å². The van der Waals surface area contributed by atoms with Crippen molar-refractivity contribution in [1.29, 1.82) is 0 Å².